The van der Waals surface area contributed by atoms with Crippen LogP contribution < -0.4 is 10.0 Å². The van der Waals surface area contributed by atoms with Gasteiger partial charge in [0.15, 0.2) is 0 Å². The quantitative estimate of drug-likeness (QED) is 0.254. The smallest absolute Gasteiger partial charge is 0.261 e. The molecule has 43 heavy (non-hydrogen) atoms. The molecule has 224 valence electrons. The summed E-state index contributed by atoms with van der Waals surface area (Å²) in [6, 6.07) is 21.5. The van der Waals surface area contributed by atoms with E-state index >= 15 is 0 Å². The molecule has 1 aliphatic heterocycles. The lowest BCUT2D eigenvalue weighted by Gasteiger charge is -2.32. The maximum Gasteiger partial charge on any atom is 0.261 e. The number of hydrogen-bond donors (Lipinski definition) is 2. The summed E-state index contributed by atoms with van der Waals surface area (Å²) in [5.74, 6) is 0.797. The van der Waals surface area contributed by atoms with Crippen LogP contribution in [0.25, 0.3) is 11.3 Å². The third kappa shape index (κ3) is 6.74. The molecule has 1 unspecified atom stereocenters. The van der Waals surface area contributed by atoms with E-state index in [2.05, 4.69) is 56.1 Å². The molecule has 1 aliphatic carbocycles. The summed E-state index contributed by atoms with van der Waals surface area (Å²) in [5.41, 5.74) is 7.94. The molecule has 1 fully saturated rings. The highest BCUT2D eigenvalue weighted by atomic mass is 32.2. The first-order chi connectivity index (χ1) is 20.7. The molecule has 1 aromatic heterocycles. The van der Waals surface area contributed by atoms with Gasteiger partial charge in [-0.1, -0.05) is 42.5 Å². The Balaban J connectivity index is 1.14. The normalized spacial score (nSPS) is 17.2. The van der Waals surface area contributed by atoms with Crippen molar-refractivity contribution in [3.63, 3.8) is 0 Å². The second-order valence-corrected chi connectivity index (χ2v) is 13.6. The topological polar surface area (TPSA) is 90.5 Å². The number of rotatable bonds is 9. The van der Waals surface area contributed by atoms with E-state index in [0.717, 1.165) is 85.6 Å². The molecular weight excluding hydrogens is 556 g/mol. The van der Waals surface area contributed by atoms with E-state index in [1.807, 2.05) is 50.4 Å². The fourth-order valence-electron chi connectivity index (χ4n) is 6.18. The monoisotopic (exact) mass is 596 g/mol. The van der Waals surface area contributed by atoms with Crippen molar-refractivity contribution in [1.82, 2.24) is 19.8 Å². The Hall–Kier alpha value is -3.79. The third-order valence-electron chi connectivity index (χ3n) is 8.48. The largest absolute Gasteiger partial charge is 0.354 e. The average molecular weight is 597 g/mol. The zero-order valence-corrected chi connectivity index (χ0v) is 26.0. The molecule has 8 nitrogen and oxygen atoms in total. The molecule has 0 amide bonds. The van der Waals surface area contributed by atoms with Crippen molar-refractivity contribution in [3.05, 3.63) is 101 Å². The van der Waals surface area contributed by atoms with Crippen molar-refractivity contribution >= 4 is 21.7 Å². The summed E-state index contributed by atoms with van der Waals surface area (Å²) in [7, 11) is -1.50. The Morgan fingerprint density at radius 3 is 2.40 bits per heavy atom. The van der Waals surface area contributed by atoms with E-state index in [1.165, 1.54) is 5.56 Å². The molecule has 9 heteroatoms. The van der Waals surface area contributed by atoms with Crippen LogP contribution in [-0.4, -0.2) is 74.5 Å². The number of nitrogens with zero attached hydrogens (tertiary/aromatic N) is 4. The lowest BCUT2D eigenvalue weighted by atomic mass is 9.78. The van der Waals surface area contributed by atoms with Gasteiger partial charge in [-0.2, -0.15) is 0 Å². The number of fused-ring (bicyclic) bond motifs is 3. The molecule has 2 N–H and O–H groups in total. The van der Waals surface area contributed by atoms with Gasteiger partial charge in [-0.3, -0.25) is 4.72 Å². The van der Waals surface area contributed by atoms with Gasteiger partial charge < -0.3 is 15.1 Å². The minimum Gasteiger partial charge on any atom is -0.354 e. The Morgan fingerprint density at radius 1 is 0.930 bits per heavy atom. The molecule has 0 spiro atoms. The standard InChI is InChI=1S/C34H40N6O2S/c1-24-19-25(2)21-29(20-24)43(41,42)38-28-11-9-26(10-12-28)32-22-27-23-36-34(37-33(27)31-8-5-4-7-30(31)32)35-13-6-14-40-17-15-39(3)16-18-40/h4-5,7-12,19-21,23,32,38H,6,13-18,22H2,1-3H3,(H,35,36,37). The van der Waals surface area contributed by atoms with Crippen LogP contribution >= 0.6 is 0 Å². The van der Waals surface area contributed by atoms with Gasteiger partial charge in [-0.15, -0.1) is 0 Å². The van der Waals surface area contributed by atoms with E-state index in [9.17, 15) is 8.42 Å². The number of hydrogen-bond acceptors (Lipinski definition) is 7. The number of anilines is 2. The fourth-order valence-corrected chi connectivity index (χ4v) is 7.42. The number of piperazine rings is 1. The highest BCUT2D eigenvalue weighted by molar-refractivity contribution is 7.92. The molecule has 1 saturated heterocycles. The van der Waals surface area contributed by atoms with Gasteiger partial charge in [0, 0.05) is 56.1 Å². The Morgan fingerprint density at radius 2 is 1.65 bits per heavy atom. The van der Waals surface area contributed by atoms with Crippen LogP contribution in [0.1, 0.15) is 40.2 Å². The molecular formula is C34H40N6O2S. The van der Waals surface area contributed by atoms with E-state index < -0.39 is 10.0 Å². The first-order valence-corrected chi connectivity index (χ1v) is 16.5. The number of benzene rings is 3. The SMILES string of the molecule is Cc1cc(C)cc(S(=O)(=O)Nc2ccc(C3Cc4cnc(NCCCN5CCN(C)CC5)nc4-c4ccccc43)cc2)c1. The van der Waals surface area contributed by atoms with E-state index in [-0.39, 0.29) is 10.8 Å². The Bertz CT molecular complexity index is 1680. The summed E-state index contributed by atoms with van der Waals surface area (Å²) >= 11 is 0. The third-order valence-corrected chi connectivity index (χ3v) is 9.84. The number of aromatic nitrogens is 2. The summed E-state index contributed by atoms with van der Waals surface area (Å²) in [5, 5.41) is 3.44. The highest BCUT2D eigenvalue weighted by Gasteiger charge is 2.27. The summed E-state index contributed by atoms with van der Waals surface area (Å²) in [4.78, 5) is 14.8. The van der Waals surface area contributed by atoms with Crippen molar-refractivity contribution in [1.29, 1.82) is 0 Å². The van der Waals surface area contributed by atoms with Gasteiger partial charge in [0.2, 0.25) is 5.95 Å². The van der Waals surface area contributed by atoms with Crippen molar-refractivity contribution in [2.24, 2.45) is 0 Å². The zero-order valence-electron chi connectivity index (χ0n) is 25.2. The molecule has 2 heterocycles. The molecule has 1 atom stereocenters. The second kappa shape index (κ2) is 12.4. The summed E-state index contributed by atoms with van der Waals surface area (Å²) < 4.78 is 28.8. The van der Waals surface area contributed by atoms with Gasteiger partial charge in [0.1, 0.15) is 0 Å². The first kappa shape index (κ1) is 29.3. The number of likely N-dealkylation sites (N-methyl/N-ethyl adjacent to an activating group) is 1. The minimum atomic E-state index is -3.68. The first-order valence-electron chi connectivity index (χ1n) is 15.1. The van der Waals surface area contributed by atoms with Crippen molar-refractivity contribution in [2.45, 2.75) is 37.5 Å². The van der Waals surface area contributed by atoms with Crippen LogP contribution in [-0.2, 0) is 16.4 Å². The second-order valence-electron chi connectivity index (χ2n) is 11.9. The Labute approximate surface area is 255 Å². The molecule has 4 aromatic rings. The van der Waals surface area contributed by atoms with Crippen LogP contribution in [0.2, 0.25) is 0 Å². The lowest BCUT2D eigenvalue weighted by molar-refractivity contribution is 0.154. The zero-order chi connectivity index (χ0) is 30.0. The maximum absolute atomic E-state index is 13.1. The molecule has 0 saturated carbocycles. The average Bonchev–Trinajstić information content (AvgIpc) is 3.00. The predicted molar refractivity (Wildman–Crippen MR) is 173 cm³/mol. The van der Waals surface area contributed by atoms with E-state index in [4.69, 9.17) is 4.98 Å². The Kier molecular flexibility index (Phi) is 8.47. The number of aryl methyl sites for hydroxylation is 2. The summed E-state index contributed by atoms with van der Waals surface area (Å²) in [6.45, 7) is 10.3. The van der Waals surface area contributed by atoms with Crippen molar-refractivity contribution in [3.8, 4) is 11.3 Å². The van der Waals surface area contributed by atoms with Crippen molar-refractivity contribution in [2.75, 3.05) is 56.4 Å². The molecule has 0 radical (unpaired) electrons. The van der Waals surface area contributed by atoms with Gasteiger partial charge >= 0.3 is 0 Å². The van der Waals surface area contributed by atoms with E-state index in [1.54, 1.807) is 12.1 Å². The molecule has 3 aromatic carbocycles. The number of sulfonamides is 1. The summed E-state index contributed by atoms with van der Waals surface area (Å²) in [6.07, 6.45) is 3.80. The maximum atomic E-state index is 13.1. The van der Waals surface area contributed by atoms with Crippen LogP contribution in [0, 0.1) is 13.8 Å². The van der Waals surface area contributed by atoms with Gasteiger partial charge in [0.05, 0.1) is 10.6 Å². The highest BCUT2D eigenvalue weighted by Crippen LogP contribution is 2.42. The van der Waals surface area contributed by atoms with Crippen LogP contribution in [0.3, 0.4) is 0 Å². The van der Waals surface area contributed by atoms with Crippen LogP contribution in [0.4, 0.5) is 11.6 Å². The minimum absolute atomic E-state index is 0.125. The predicted octanol–water partition coefficient (Wildman–Crippen LogP) is 5.30. The van der Waals surface area contributed by atoms with Gasteiger partial charge in [-0.05, 0) is 92.4 Å². The van der Waals surface area contributed by atoms with Crippen LogP contribution in [0.5, 0.6) is 0 Å². The molecule has 6 rings (SSSR count). The fraction of sp³-hybridized carbons (Fsp3) is 0.353. The van der Waals surface area contributed by atoms with E-state index in [0.29, 0.717) is 11.6 Å². The lowest BCUT2D eigenvalue weighted by Crippen LogP contribution is -2.44. The number of nitrogens with one attached hydrogen (secondary N) is 2. The van der Waals surface area contributed by atoms with Crippen LogP contribution in [0.15, 0.2) is 77.8 Å². The van der Waals surface area contributed by atoms with Crippen molar-refractivity contribution < 1.29 is 8.42 Å². The molecule has 0 bridgehead atoms. The van der Waals surface area contributed by atoms with Gasteiger partial charge in [0.25, 0.3) is 10.0 Å². The van der Waals surface area contributed by atoms with Gasteiger partial charge in [-0.25, -0.2) is 18.4 Å². The molecule has 2 aliphatic rings.